The second-order valence-electron chi connectivity index (χ2n) is 4.85. The van der Waals surface area contributed by atoms with E-state index < -0.39 is 6.04 Å². The van der Waals surface area contributed by atoms with E-state index in [-0.39, 0.29) is 5.91 Å². The van der Waals surface area contributed by atoms with Crippen molar-refractivity contribution in [2.75, 3.05) is 10.6 Å². The van der Waals surface area contributed by atoms with Crippen molar-refractivity contribution >= 4 is 40.5 Å². The third-order valence-corrected chi connectivity index (χ3v) is 3.53. The van der Waals surface area contributed by atoms with Crippen molar-refractivity contribution in [3.05, 3.63) is 58.1 Å². The van der Waals surface area contributed by atoms with Gasteiger partial charge in [-0.3, -0.25) is 4.79 Å². The Kier molecular flexibility index (Phi) is 5.10. The Labute approximate surface area is 134 Å². The molecule has 5 heteroatoms. The lowest BCUT2D eigenvalue weighted by Gasteiger charge is -2.16. The minimum Gasteiger partial charge on any atom is -0.374 e. The summed E-state index contributed by atoms with van der Waals surface area (Å²) in [5.41, 5.74) is 2.58. The number of amides is 1. The van der Waals surface area contributed by atoms with Crippen molar-refractivity contribution in [1.82, 2.24) is 0 Å². The van der Waals surface area contributed by atoms with Crippen molar-refractivity contribution in [3.8, 4) is 0 Å². The maximum absolute atomic E-state index is 12.2. The highest BCUT2D eigenvalue weighted by Crippen LogP contribution is 2.25. The Morgan fingerprint density at radius 2 is 1.90 bits per heavy atom. The molecular formula is C16H16Cl2N2O. The highest BCUT2D eigenvalue weighted by atomic mass is 35.5. The Morgan fingerprint density at radius 3 is 2.57 bits per heavy atom. The van der Waals surface area contributed by atoms with Crippen molar-refractivity contribution in [1.29, 1.82) is 0 Å². The van der Waals surface area contributed by atoms with Crippen LogP contribution in [0.3, 0.4) is 0 Å². The molecule has 0 aliphatic rings. The van der Waals surface area contributed by atoms with E-state index in [1.165, 1.54) is 0 Å². The lowest BCUT2D eigenvalue weighted by molar-refractivity contribution is -0.116. The minimum atomic E-state index is -0.390. The van der Waals surface area contributed by atoms with Crippen LogP contribution in [0.2, 0.25) is 10.0 Å². The molecule has 21 heavy (non-hydrogen) atoms. The number of nitrogens with one attached hydrogen (secondary N) is 2. The number of rotatable bonds is 4. The Balaban J connectivity index is 2.02. The number of benzene rings is 2. The monoisotopic (exact) mass is 322 g/mol. The van der Waals surface area contributed by atoms with Crippen LogP contribution < -0.4 is 10.6 Å². The van der Waals surface area contributed by atoms with Crippen molar-refractivity contribution in [3.63, 3.8) is 0 Å². The van der Waals surface area contributed by atoms with Crippen LogP contribution in [0.1, 0.15) is 12.5 Å². The Morgan fingerprint density at radius 1 is 1.14 bits per heavy atom. The van der Waals surface area contributed by atoms with Gasteiger partial charge in [-0.15, -0.1) is 0 Å². The van der Waals surface area contributed by atoms with Gasteiger partial charge in [0.25, 0.3) is 0 Å². The van der Waals surface area contributed by atoms with E-state index >= 15 is 0 Å². The highest BCUT2D eigenvalue weighted by molar-refractivity contribution is 6.36. The summed E-state index contributed by atoms with van der Waals surface area (Å²) in [5.74, 6) is -0.166. The smallest absolute Gasteiger partial charge is 0.246 e. The Hall–Kier alpha value is -1.71. The van der Waals surface area contributed by atoms with Gasteiger partial charge in [0.05, 0.1) is 10.7 Å². The molecule has 0 saturated heterocycles. The van der Waals surface area contributed by atoms with Crippen LogP contribution in [0.15, 0.2) is 42.5 Å². The molecule has 2 aromatic rings. The molecule has 1 atom stereocenters. The molecule has 0 spiro atoms. The maximum atomic E-state index is 12.2. The summed E-state index contributed by atoms with van der Waals surface area (Å²) in [7, 11) is 0. The molecule has 2 aromatic carbocycles. The van der Waals surface area contributed by atoms with E-state index in [1.807, 2.05) is 31.2 Å². The molecule has 0 aliphatic carbocycles. The summed E-state index contributed by atoms with van der Waals surface area (Å²) in [4.78, 5) is 12.2. The van der Waals surface area contributed by atoms with Crippen molar-refractivity contribution < 1.29 is 4.79 Å². The molecular weight excluding hydrogens is 307 g/mol. The second-order valence-corrected chi connectivity index (χ2v) is 5.69. The zero-order valence-corrected chi connectivity index (χ0v) is 13.3. The third-order valence-electron chi connectivity index (χ3n) is 2.98. The molecule has 0 saturated carbocycles. The van der Waals surface area contributed by atoms with Crippen molar-refractivity contribution in [2.45, 2.75) is 19.9 Å². The third kappa shape index (κ3) is 4.38. The molecule has 3 nitrogen and oxygen atoms in total. The van der Waals surface area contributed by atoms with Crippen LogP contribution >= 0.6 is 23.2 Å². The number of carbonyl (C=O) groups is 1. The number of halogens is 2. The molecule has 1 amide bonds. The summed E-state index contributed by atoms with van der Waals surface area (Å²) in [6.07, 6.45) is 0. The molecule has 0 unspecified atom stereocenters. The lowest BCUT2D eigenvalue weighted by Crippen LogP contribution is -2.31. The molecule has 110 valence electrons. The van der Waals surface area contributed by atoms with E-state index in [4.69, 9.17) is 23.2 Å². The molecule has 0 fully saturated rings. The van der Waals surface area contributed by atoms with E-state index in [9.17, 15) is 4.79 Å². The van der Waals surface area contributed by atoms with Gasteiger partial charge < -0.3 is 10.6 Å². The van der Waals surface area contributed by atoms with Gasteiger partial charge in [0.2, 0.25) is 5.91 Å². The summed E-state index contributed by atoms with van der Waals surface area (Å²) in [6, 6.07) is 12.4. The molecule has 0 heterocycles. The Bertz CT molecular complexity index is 658. The zero-order chi connectivity index (χ0) is 15.4. The standard InChI is InChI=1S/C16H16Cl2N2O/c1-10-4-3-5-13(8-10)19-11(2)16(21)20-15-7-6-12(17)9-14(15)18/h3-9,11,19H,1-2H3,(H,20,21)/t11-/m0/s1. The molecule has 0 radical (unpaired) electrons. The van der Waals surface area contributed by atoms with Crippen molar-refractivity contribution in [2.24, 2.45) is 0 Å². The molecule has 0 aliphatic heterocycles. The quantitative estimate of drug-likeness (QED) is 0.853. The SMILES string of the molecule is Cc1cccc(N[C@@H](C)C(=O)Nc2ccc(Cl)cc2Cl)c1. The topological polar surface area (TPSA) is 41.1 Å². The predicted octanol–water partition coefficient (Wildman–Crippen LogP) is 4.74. The number of hydrogen-bond donors (Lipinski definition) is 2. The first-order valence-electron chi connectivity index (χ1n) is 6.55. The van der Waals surface area contributed by atoms with Gasteiger partial charge in [-0.25, -0.2) is 0 Å². The van der Waals surface area contributed by atoms with Gasteiger partial charge in [0.1, 0.15) is 6.04 Å². The van der Waals surface area contributed by atoms with Crippen LogP contribution in [0, 0.1) is 6.92 Å². The zero-order valence-electron chi connectivity index (χ0n) is 11.8. The normalized spacial score (nSPS) is 11.8. The maximum Gasteiger partial charge on any atom is 0.246 e. The lowest BCUT2D eigenvalue weighted by atomic mass is 10.2. The van der Waals surface area contributed by atoms with E-state index in [2.05, 4.69) is 10.6 Å². The fraction of sp³-hybridized carbons (Fsp3) is 0.188. The van der Waals surface area contributed by atoms with E-state index in [1.54, 1.807) is 25.1 Å². The first-order chi connectivity index (χ1) is 9.95. The first-order valence-corrected chi connectivity index (χ1v) is 7.30. The van der Waals surface area contributed by atoms with Gasteiger partial charge >= 0.3 is 0 Å². The van der Waals surface area contributed by atoms with Crippen LogP contribution in [0.25, 0.3) is 0 Å². The fourth-order valence-electron chi connectivity index (χ4n) is 1.88. The molecule has 0 bridgehead atoms. The van der Waals surface area contributed by atoms with E-state index in [0.29, 0.717) is 15.7 Å². The minimum absolute atomic E-state index is 0.166. The summed E-state index contributed by atoms with van der Waals surface area (Å²) in [5, 5.41) is 6.88. The summed E-state index contributed by atoms with van der Waals surface area (Å²) in [6.45, 7) is 3.80. The largest absolute Gasteiger partial charge is 0.374 e. The average molecular weight is 323 g/mol. The first kappa shape index (κ1) is 15.7. The van der Waals surface area contributed by atoms with Crippen LogP contribution in [-0.2, 0) is 4.79 Å². The van der Waals surface area contributed by atoms with Crippen LogP contribution in [0.4, 0.5) is 11.4 Å². The number of hydrogen-bond acceptors (Lipinski definition) is 2. The van der Waals surface area contributed by atoms with Gasteiger partial charge in [-0.05, 0) is 49.7 Å². The van der Waals surface area contributed by atoms with Crippen LogP contribution in [0.5, 0.6) is 0 Å². The average Bonchev–Trinajstić information content (AvgIpc) is 2.41. The fourth-order valence-corrected chi connectivity index (χ4v) is 2.34. The van der Waals surface area contributed by atoms with Gasteiger partial charge in [0.15, 0.2) is 0 Å². The summed E-state index contributed by atoms with van der Waals surface area (Å²) >= 11 is 11.9. The van der Waals surface area contributed by atoms with Gasteiger partial charge in [-0.1, -0.05) is 35.3 Å². The van der Waals surface area contributed by atoms with Gasteiger partial charge in [0, 0.05) is 10.7 Å². The molecule has 2 rings (SSSR count). The number of carbonyl (C=O) groups excluding carboxylic acids is 1. The highest BCUT2D eigenvalue weighted by Gasteiger charge is 2.14. The summed E-state index contributed by atoms with van der Waals surface area (Å²) < 4.78 is 0. The second kappa shape index (κ2) is 6.83. The number of anilines is 2. The van der Waals surface area contributed by atoms with E-state index in [0.717, 1.165) is 11.3 Å². The van der Waals surface area contributed by atoms with Crippen LogP contribution in [-0.4, -0.2) is 11.9 Å². The number of aryl methyl sites for hydroxylation is 1. The van der Waals surface area contributed by atoms with Gasteiger partial charge in [-0.2, -0.15) is 0 Å². The molecule has 0 aromatic heterocycles. The predicted molar refractivity (Wildman–Crippen MR) is 89.4 cm³/mol. The molecule has 2 N–H and O–H groups in total.